The van der Waals surface area contributed by atoms with Crippen LogP contribution in [-0.2, 0) is 4.79 Å². The highest BCUT2D eigenvalue weighted by molar-refractivity contribution is 6.31. The Morgan fingerprint density at radius 3 is 2.61 bits per heavy atom. The quantitative estimate of drug-likeness (QED) is 0.682. The lowest BCUT2D eigenvalue weighted by Crippen LogP contribution is -2.26. The van der Waals surface area contributed by atoms with Crippen LogP contribution in [0.5, 0.6) is 0 Å². The van der Waals surface area contributed by atoms with Crippen LogP contribution < -0.4 is 10.6 Å². The van der Waals surface area contributed by atoms with Crippen molar-refractivity contribution >= 4 is 23.2 Å². The van der Waals surface area contributed by atoms with Crippen molar-refractivity contribution in [1.29, 1.82) is 0 Å². The fourth-order valence-electron chi connectivity index (χ4n) is 2.22. The van der Waals surface area contributed by atoms with Crippen molar-refractivity contribution in [2.45, 2.75) is 19.4 Å². The molecule has 2 aromatic carbocycles. The van der Waals surface area contributed by atoms with Crippen molar-refractivity contribution in [1.82, 2.24) is 5.32 Å². The molecule has 0 radical (unpaired) electrons. The highest BCUT2D eigenvalue weighted by Crippen LogP contribution is 2.21. The molecule has 0 aliphatic heterocycles. The second-order valence-electron chi connectivity index (χ2n) is 5.35. The van der Waals surface area contributed by atoms with E-state index in [4.69, 9.17) is 11.6 Å². The smallest absolute Gasteiger partial charge is 0.225 e. The van der Waals surface area contributed by atoms with E-state index in [1.165, 1.54) is 0 Å². The molecule has 0 aliphatic rings. The molecular formula is C18H21ClN2O2. The van der Waals surface area contributed by atoms with Gasteiger partial charge in [0.15, 0.2) is 0 Å². The second kappa shape index (κ2) is 8.67. The molecule has 0 unspecified atom stereocenters. The van der Waals surface area contributed by atoms with Crippen LogP contribution in [0, 0.1) is 6.92 Å². The van der Waals surface area contributed by atoms with Crippen molar-refractivity contribution in [2.24, 2.45) is 0 Å². The van der Waals surface area contributed by atoms with Gasteiger partial charge in [0.25, 0.3) is 0 Å². The summed E-state index contributed by atoms with van der Waals surface area (Å²) in [5, 5.41) is 16.6. The molecule has 2 rings (SSSR count). The number of amides is 1. The number of halogens is 1. The number of hydrogen-bond acceptors (Lipinski definition) is 3. The Kier molecular flexibility index (Phi) is 6.59. The number of hydrogen-bond donors (Lipinski definition) is 3. The molecule has 0 fully saturated rings. The molecule has 5 heteroatoms. The molecule has 3 N–H and O–H groups in total. The minimum atomic E-state index is -0.692. The summed E-state index contributed by atoms with van der Waals surface area (Å²) in [6.07, 6.45) is -0.355. The number of aryl methyl sites for hydroxylation is 1. The predicted octanol–water partition coefficient (Wildman–Crippen LogP) is 3.30. The van der Waals surface area contributed by atoms with Crippen LogP contribution in [0.2, 0.25) is 5.02 Å². The summed E-state index contributed by atoms with van der Waals surface area (Å²) in [6.45, 7) is 2.79. The molecule has 0 spiro atoms. The Labute approximate surface area is 141 Å². The van der Waals surface area contributed by atoms with Gasteiger partial charge in [0, 0.05) is 35.8 Å². The van der Waals surface area contributed by atoms with Gasteiger partial charge < -0.3 is 15.7 Å². The van der Waals surface area contributed by atoms with Gasteiger partial charge in [0.05, 0.1) is 6.10 Å². The Balaban J connectivity index is 1.72. The summed E-state index contributed by atoms with van der Waals surface area (Å²) in [6, 6.07) is 14.8. The summed E-state index contributed by atoms with van der Waals surface area (Å²) >= 11 is 6.04. The minimum Gasteiger partial charge on any atom is -0.387 e. The van der Waals surface area contributed by atoms with E-state index in [0.717, 1.165) is 11.3 Å². The number of para-hydroxylation sites is 1. The van der Waals surface area contributed by atoms with Crippen LogP contribution in [0.15, 0.2) is 48.5 Å². The maximum atomic E-state index is 11.9. The van der Waals surface area contributed by atoms with Crippen LogP contribution in [0.3, 0.4) is 0 Å². The average molecular weight is 333 g/mol. The van der Waals surface area contributed by atoms with E-state index in [1.54, 1.807) is 12.1 Å². The minimum absolute atomic E-state index is 0.0565. The predicted molar refractivity (Wildman–Crippen MR) is 93.7 cm³/mol. The Bertz CT molecular complexity index is 661. The molecule has 122 valence electrons. The van der Waals surface area contributed by atoms with Gasteiger partial charge in [-0.15, -0.1) is 0 Å². The molecule has 0 aromatic heterocycles. The lowest BCUT2D eigenvalue weighted by Gasteiger charge is -2.13. The molecule has 0 heterocycles. The van der Waals surface area contributed by atoms with Gasteiger partial charge in [-0.25, -0.2) is 0 Å². The lowest BCUT2D eigenvalue weighted by atomic mass is 10.1. The second-order valence-corrected chi connectivity index (χ2v) is 5.76. The summed E-state index contributed by atoms with van der Waals surface area (Å²) in [7, 11) is 0. The number of aliphatic hydroxyl groups excluding tert-OH is 1. The standard InChI is InChI=1S/C18H21ClN2O2/c1-13-6-2-5-9-16(13)21-18(23)10-11-20-12-17(22)14-7-3-4-8-15(14)19/h2-9,17,20,22H,10-12H2,1H3,(H,21,23)/t17-/m1/s1. The molecule has 0 bridgehead atoms. The van der Waals surface area contributed by atoms with E-state index in [1.807, 2.05) is 43.3 Å². The first-order chi connectivity index (χ1) is 11.1. The molecular weight excluding hydrogens is 312 g/mol. The van der Waals surface area contributed by atoms with Crippen LogP contribution in [-0.4, -0.2) is 24.1 Å². The van der Waals surface area contributed by atoms with Gasteiger partial charge in [-0.2, -0.15) is 0 Å². The normalized spacial score (nSPS) is 12.0. The number of aliphatic hydroxyl groups is 1. The first-order valence-electron chi connectivity index (χ1n) is 7.56. The zero-order valence-electron chi connectivity index (χ0n) is 13.1. The third-order valence-electron chi connectivity index (χ3n) is 3.55. The fourth-order valence-corrected chi connectivity index (χ4v) is 2.48. The molecule has 4 nitrogen and oxygen atoms in total. The Morgan fingerprint density at radius 2 is 1.87 bits per heavy atom. The summed E-state index contributed by atoms with van der Waals surface area (Å²) in [5.41, 5.74) is 2.54. The molecule has 1 amide bonds. The maximum Gasteiger partial charge on any atom is 0.225 e. The number of benzene rings is 2. The highest BCUT2D eigenvalue weighted by atomic mass is 35.5. The molecule has 23 heavy (non-hydrogen) atoms. The van der Waals surface area contributed by atoms with Gasteiger partial charge in [-0.1, -0.05) is 48.0 Å². The van der Waals surface area contributed by atoms with Crippen LogP contribution in [0.1, 0.15) is 23.7 Å². The van der Waals surface area contributed by atoms with E-state index < -0.39 is 6.10 Å². The molecule has 0 saturated heterocycles. The van der Waals surface area contributed by atoms with Crippen molar-refractivity contribution in [3.8, 4) is 0 Å². The molecule has 2 aromatic rings. The zero-order chi connectivity index (χ0) is 16.7. The summed E-state index contributed by atoms with van der Waals surface area (Å²) in [5.74, 6) is -0.0565. The topological polar surface area (TPSA) is 61.4 Å². The Hall–Kier alpha value is -1.88. The lowest BCUT2D eigenvalue weighted by molar-refractivity contribution is -0.116. The van der Waals surface area contributed by atoms with Gasteiger partial charge in [0.2, 0.25) is 5.91 Å². The zero-order valence-corrected chi connectivity index (χ0v) is 13.8. The van der Waals surface area contributed by atoms with Crippen molar-refractivity contribution in [3.63, 3.8) is 0 Å². The average Bonchev–Trinajstić information content (AvgIpc) is 2.54. The largest absolute Gasteiger partial charge is 0.387 e. The van der Waals surface area contributed by atoms with Crippen LogP contribution >= 0.6 is 11.6 Å². The number of carbonyl (C=O) groups is 1. The van der Waals surface area contributed by atoms with Gasteiger partial charge in [-0.05, 0) is 24.6 Å². The fraction of sp³-hybridized carbons (Fsp3) is 0.278. The maximum absolute atomic E-state index is 11.9. The number of anilines is 1. The van der Waals surface area contributed by atoms with Gasteiger partial charge in [-0.3, -0.25) is 4.79 Å². The van der Waals surface area contributed by atoms with Gasteiger partial charge >= 0.3 is 0 Å². The third kappa shape index (κ3) is 5.36. The van der Waals surface area contributed by atoms with E-state index in [2.05, 4.69) is 10.6 Å². The first kappa shape index (κ1) is 17.5. The van der Waals surface area contributed by atoms with E-state index >= 15 is 0 Å². The third-order valence-corrected chi connectivity index (χ3v) is 3.89. The van der Waals surface area contributed by atoms with E-state index in [9.17, 15) is 9.90 Å². The molecule has 0 aliphatic carbocycles. The molecule has 0 saturated carbocycles. The summed E-state index contributed by atoms with van der Waals surface area (Å²) in [4.78, 5) is 11.9. The van der Waals surface area contributed by atoms with E-state index in [-0.39, 0.29) is 5.91 Å². The highest BCUT2D eigenvalue weighted by Gasteiger charge is 2.10. The van der Waals surface area contributed by atoms with Gasteiger partial charge in [0.1, 0.15) is 0 Å². The number of nitrogens with one attached hydrogen (secondary N) is 2. The molecule has 1 atom stereocenters. The Morgan fingerprint density at radius 1 is 1.17 bits per heavy atom. The van der Waals surface area contributed by atoms with E-state index in [0.29, 0.717) is 30.1 Å². The van der Waals surface area contributed by atoms with Crippen molar-refractivity contribution in [2.75, 3.05) is 18.4 Å². The summed E-state index contributed by atoms with van der Waals surface area (Å²) < 4.78 is 0. The van der Waals surface area contributed by atoms with Crippen molar-refractivity contribution < 1.29 is 9.90 Å². The number of carbonyl (C=O) groups excluding carboxylic acids is 1. The monoisotopic (exact) mass is 332 g/mol. The van der Waals surface area contributed by atoms with Crippen LogP contribution in [0.4, 0.5) is 5.69 Å². The van der Waals surface area contributed by atoms with Crippen LogP contribution in [0.25, 0.3) is 0 Å². The first-order valence-corrected chi connectivity index (χ1v) is 7.94. The van der Waals surface area contributed by atoms with Crippen molar-refractivity contribution in [3.05, 3.63) is 64.7 Å². The SMILES string of the molecule is Cc1ccccc1NC(=O)CCNC[C@@H](O)c1ccccc1Cl. The number of rotatable bonds is 7.